The molecule has 2 aliphatic heterocycles. The Morgan fingerprint density at radius 1 is 1.00 bits per heavy atom. The highest BCUT2D eigenvalue weighted by molar-refractivity contribution is 5.89. The van der Waals surface area contributed by atoms with Gasteiger partial charge in [-0.25, -0.2) is 9.59 Å². The molecule has 2 atom stereocenters. The van der Waals surface area contributed by atoms with Crippen LogP contribution in [0.1, 0.15) is 39.2 Å². The van der Waals surface area contributed by atoms with E-state index >= 15 is 0 Å². The van der Waals surface area contributed by atoms with Gasteiger partial charge in [0, 0.05) is 45.0 Å². The SMILES string of the molecule is C[C@H]1CCN(CCc2ccc(-n3ccc(NC(=O)N4CCN(C(=O)C(C)(C)N)CC4)nc3=O)cc2)CC[C@@H]1N. The number of anilines is 1. The first-order valence-corrected chi connectivity index (χ1v) is 13.8. The summed E-state index contributed by atoms with van der Waals surface area (Å²) < 4.78 is 1.45. The lowest BCUT2D eigenvalue weighted by atomic mass is 9.98. The average molecular weight is 539 g/mol. The molecule has 39 heavy (non-hydrogen) atoms. The fourth-order valence-corrected chi connectivity index (χ4v) is 5.04. The number of aromatic nitrogens is 2. The van der Waals surface area contributed by atoms with E-state index in [1.807, 2.05) is 24.3 Å². The molecule has 3 heterocycles. The number of likely N-dealkylation sites (tertiary alicyclic amines) is 1. The Labute approximate surface area is 230 Å². The molecule has 0 bridgehead atoms. The molecule has 2 fully saturated rings. The van der Waals surface area contributed by atoms with Crippen molar-refractivity contribution in [2.75, 3.05) is 51.1 Å². The molecule has 5 N–H and O–H groups in total. The Morgan fingerprint density at radius 3 is 2.28 bits per heavy atom. The highest BCUT2D eigenvalue weighted by Crippen LogP contribution is 2.17. The summed E-state index contributed by atoms with van der Waals surface area (Å²) in [7, 11) is 0. The van der Waals surface area contributed by atoms with Crippen LogP contribution >= 0.6 is 0 Å². The first kappa shape index (κ1) is 28.7. The molecule has 2 saturated heterocycles. The lowest BCUT2D eigenvalue weighted by molar-refractivity contribution is -0.137. The smallest absolute Gasteiger partial charge is 0.338 e. The molecule has 2 aromatic rings. The Morgan fingerprint density at radius 2 is 1.64 bits per heavy atom. The number of benzene rings is 1. The third-order valence-electron chi connectivity index (χ3n) is 7.79. The second-order valence-electron chi connectivity index (χ2n) is 11.4. The molecule has 0 radical (unpaired) electrons. The number of nitrogens with one attached hydrogen (secondary N) is 1. The van der Waals surface area contributed by atoms with E-state index in [1.165, 1.54) is 10.1 Å². The Hall–Kier alpha value is -3.28. The number of hydrogen-bond donors (Lipinski definition) is 3. The van der Waals surface area contributed by atoms with Crippen molar-refractivity contribution < 1.29 is 9.59 Å². The first-order valence-electron chi connectivity index (χ1n) is 13.8. The molecule has 212 valence electrons. The van der Waals surface area contributed by atoms with Gasteiger partial charge >= 0.3 is 11.7 Å². The van der Waals surface area contributed by atoms with Crippen molar-refractivity contribution in [1.29, 1.82) is 0 Å². The van der Waals surface area contributed by atoms with E-state index in [0.29, 0.717) is 37.8 Å². The number of piperazine rings is 1. The van der Waals surface area contributed by atoms with E-state index < -0.39 is 11.2 Å². The van der Waals surface area contributed by atoms with Crippen molar-refractivity contribution in [2.45, 2.75) is 51.6 Å². The largest absolute Gasteiger partial charge is 0.354 e. The van der Waals surface area contributed by atoms with Gasteiger partial charge in [0.05, 0.1) is 11.2 Å². The van der Waals surface area contributed by atoms with Crippen molar-refractivity contribution in [1.82, 2.24) is 24.3 Å². The highest BCUT2D eigenvalue weighted by Gasteiger charge is 2.31. The van der Waals surface area contributed by atoms with Crippen LogP contribution in [0.5, 0.6) is 0 Å². The highest BCUT2D eigenvalue weighted by atomic mass is 16.2. The number of hydrogen-bond acceptors (Lipinski definition) is 7. The molecule has 11 heteroatoms. The maximum absolute atomic E-state index is 12.7. The van der Waals surface area contributed by atoms with E-state index in [-0.39, 0.29) is 23.8 Å². The van der Waals surface area contributed by atoms with Crippen LogP contribution in [0.3, 0.4) is 0 Å². The molecule has 11 nitrogen and oxygen atoms in total. The number of rotatable bonds is 6. The zero-order chi connectivity index (χ0) is 28.2. The summed E-state index contributed by atoms with van der Waals surface area (Å²) >= 11 is 0. The monoisotopic (exact) mass is 538 g/mol. The zero-order valence-corrected chi connectivity index (χ0v) is 23.3. The lowest BCUT2D eigenvalue weighted by Gasteiger charge is -2.37. The fraction of sp³-hybridized carbons (Fsp3) is 0.571. The molecular weight excluding hydrogens is 496 g/mol. The summed E-state index contributed by atoms with van der Waals surface area (Å²) in [4.78, 5) is 47.6. The standard InChI is InChI=1S/C28H42N8O3/c1-20-8-12-33(14-10-23(20)29)13-9-21-4-6-22(7-5-21)36-15-11-24(32-27(36)39)31-26(38)35-18-16-34(17-19-35)25(37)28(2,3)30/h4-7,11,15,20,23H,8-10,12-14,16-19,29-30H2,1-3H3,(H,31,32,38,39)/t20-,23-/m0/s1. The summed E-state index contributed by atoms with van der Waals surface area (Å²) in [5.74, 6) is 0.613. The van der Waals surface area contributed by atoms with Crippen molar-refractivity contribution in [3.63, 3.8) is 0 Å². The molecule has 1 aromatic heterocycles. The second-order valence-corrected chi connectivity index (χ2v) is 11.4. The second kappa shape index (κ2) is 12.3. The minimum atomic E-state index is -0.945. The van der Waals surface area contributed by atoms with E-state index in [1.54, 1.807) is 35.9 Å². The third-order valence-corrected chi connectivity index (χ3v) is 7.79. The number of amides is 3. The molecule has 2 aliphatic rings. The van der Waals surface area contributed by atoms with Crippen LogP contribution in [0.25, 0.3) is 5.69 Å². The van der Waals surface area contributed by atoms with Crippen LogP contribution in [-0.4, -0.2) is 93.6 Å². The molecule has 0 saturated carbocycles. The number of carbonyl (C=O) groups is 2. The maximum Gasteiger partial charge on any atom is 0.354 e. The number of nitrogens with two attached hydrogens (primary N) is 2. The van der Waals surface area contributed by atoms with E-state index in [4.69, 9.17) is 11.5 Å². The Bertz CT molecular complexity index is 1190. The van der Waals surface area contributed by atoms with Gasteiger partial charge in [-0.15, -0.1) is 0 Å². The summed E-state index contributed by atoms with van der Waals surface area (Å²) in [5.41, 5.74) is 12.6. The van der Waals surface area contributed by atoms with Crippen LogP contribution in [0.15, 0.2) is 41.3 Å². The molecular formula is C28H42N8O3. The fourth-order valence-electron chi connectivity index (χ4n) is 5.04. The van der Waals surface area contributed by atoms with Gasteiger partial charge in [0.2, 0.25) is 5.91 Å². The average Bonchev–Trinajstić information content (AvgIpc) is 3.07. The quantitative estimate of drug-likeness (QED) is 0.502. The van der Waals surface area contributed by atoms with Crippen LogP contribution in [0.4, 0.5) is 10.6 Å². The Kier molecular flexibility index (Phi) is 9.04. The van der Waals surface area contributed by atoms with Gasteiger partial charge < -0.3 is 26.2 Å². The number of carbonyl (C=O) groups excluding carboxylic acids is 2. The van der Waals surface area contributed by atoms with Crippen LogP contribution in [0, 0.1) is 5.92 Å². The molecule has 0 unspecified atom stereocenters. The van der Waals surface area contributed by atoms with E-state index in [2.05, 4.69) is 22.1 Å². The maximum atomic E-state index is 12.7. The Balaban J connectivity index is 1.29. The molecule has 1 aromatic carbocycles. The topological polar surface area (TPSA) is 143 Å². The minimum absolute atomic E-state index is 0.141. The predicted octanol–water partition coefficient (Wildman–Crippen LogP) is 1.25. The lowest BCUT2D eigenvalue weighted by Crippen LogP contribution is -2.58. The van der Waals surface area contributed by atoms with Gasteiger partial charge in [-0.3, -0.25) is 14.7 Å². The summed E-state index contributed by atoms with van der Waals surface area (Å²) in [6.45, 7) is 10.3. The van der Waals surface area contributed by atoms with Crippen LogP contribution in [0.2, 0.25) is 0 Å². The molecule has 0 spiro atoms. The van der Waals surface area contributed by atoms with Gasteiger partial charge in [-0.1, -0.05) is 19.1 Å². The van der Waals surface area contributed by atoms with E-state index in [9.17, 15) is 14.4 Å². The number of urea groups is 1. The minimum Gasteiger partial charge on any atom is -0.338 e. The van der Waals surface area contributed by atoms with Crippen molar-refractivity contribution in [3.05, 3.63) is 52.6 Å². The summed E-state index contributed by atoms with van der Waals surface area (Å²) in [6, 6.07) is 9.46. The van der Waals surface area contributed by atoms with Crippen molar-refractivity contribution in [2.24, 2.45) is 17.4 Å². The predicted molar refractivity (Wildman–Crippen MR) is 152 cm³/mol. The molecule has 4 rings (SSSR count). The first-order chi connectivity index (χ1) is 18.5. The van der Waals surface area contributed by atoms with Gasteiger partial charge in [0.15, 0.2) is 0 Å². The summed E-state index contributed by atoms with van der Waals surface area (Å²) in [5, 5.41) is 2.69. The normalized spacial score (nSPS) is 20.9. The van der Waals surface area contributed by atoms with Crippen LogP contribution in [-0.2, 0) is 11.2 Å². The zero-order valence-electron chi connectivity index (χ0n) is 23.3. The van der Waals surface area contributed by atoms with Gasteiger partial charge in [-0.2, -0.15) is 4.98 Å². The van der Waals surface area contributed by atoms with Crippen molar-refractivity contribution in [3.8, 4) is 5.69 Å². The van der Waals surface area contributed by atoms with Crippen molar-refractivity contribution >= 4 is 17.8 Å². The van der Waals surface area contributed by atoms with Crippen LogP contribution < -0.4 is 22.5 Å². The molecule has 3 amide bonds. The van der Waals surface area contributed by atoms with Gasteiger partial charge in [0.25, 0.3) is 0 Å². The van der Waals surface area contributed by atoms with E-state index in [0.717, 1.165) is 38.9 Å². The third kappa shape index (κ3) is 7.43. The number of nitrogens with zero attached hydrogens (tertiary/aromatic N) is 5. The molecule has 0 aliphatic carbocycles. The summed E-state index contributed by atoms with van der Waals surface area (Å²) in [6.07, 6.45) is 4.73. The van der Waals surface area contributed by atoms with Gasteiger partial charge in [0.1, 0.15) is 5.82 Å². The van der Waals surface area contributed by atoms with Gasteiger partial charge in [-0.05, 0) is 75.9 Å².